The number of nitrogens with zero attached hydrogens (tertiary/aromatic N) is 1. The second-order valence-electron chi connectivity index (χ2n) is 4.95. The van der Waals surface area contributed by atoms with E-state index < -0.39 is 0 Å². The summed E-state index contributed by atoms with van der Waals surface area (Å²) < 4.78 is 5.50. The number of hydrogen-bond acceptors (Lipinski definition) is 3. The van der Waals surface area contributed by atoms with Gasteiger partial charge in [-0.05, 0) is 39.3 Å². The fourth-order valence-electron chi connectivity index (χ4n) is 2.09. The molecule has 1 aromatic heterocycles. The summed E-state index contributed by atoms with van der Waals surface area (Å²) in [4.78, 5) is 16.2. The summed E-state index contributed by atoms with van der Waals surface area (Å²) in [5.41, 5.74) is 0.946. The molecule has 0 aliphatic carbocycles. The first kappa shape index (κ1) is 13.3. The monoisotopic (exact) mass is 268 g/mol. The van der Waals surface area contributed by atoms with E-state index in [1.54, 1.807) is 12.1 Å². The number of halogens is 1. The molecule has 2 atom stereocenters. The van der Waals surface area contributed by atoms with Crippen LogP contribution in [-0.4, -0.2) is 29.1 Å². The van der Waals surface area contributed by atoms with Crippen LogP contribution in [0.4, 0.5) is 0 Å². The minimum atomic E-state index is -0.319. The summed E-state index contributed by atoms with van der Waals surface area (Å²) in [7, 11) is 0. The number of aromatic nitrogens is 1. The number of pyridine rings is 1. The largest absolute Gasteiger partial charge is 0.376 e. The number of aryl methyl sites for hydroxylation is 1. The third kappa shape index (κ3) is 2.65. The number of nitrogens with one attached hydrogen (secondary N) is 1. The minimum absolute atomic E-state index is 0.0138. The Balaban J connectivity index is 2.17. The molecule has 0 spiro atoms. The third-order valence-corrected chi connectivity index (χ3v) is 3.66. The molecule has 1 aliphatic heterocycles. The molecule has 1 saturated heterocycles. The van der Waals surface area contributed by atoms with E-state index in [2.05, 4.69) is 10.3 Å². The smallest absolute Gasteiger partial charge is 0.251 e. The Kier molecular flexibility index (Phi) is 3.59. The average molecular weight is 269 g/mol. The molecule has 1 fully saturated rings. The van der Waals surface area contributed by atoms with Crippen molar-refractivity contribution < 1.29 is 9.53 Å². The first-order valence-electron chi connectivity index (χ1n) is 5.99. The summed E-state index contributed by atoms with van der Waals surface area (Å²) in [6.07, 6.45) is 0.831. The van der Waals surface area contributed by atoms with Crippen molar-refractivity contribution in [2.45, 2.75) is 38.8 Å². The van der Waals surface area contributed by atoms with Crippen molar-refractivity contribution in [1.82, 2.24) is 10.3 Å². The van der Waals surface area contributed by atoms with Gasteiger partial charge >= 0.3 is 0 Å². The molecule has 98 valence electrons. The minimum Gasteiger partial charge on any atom is -0.376 e. The van der Waals surface area contributed by atoms with Crippen LogP contribution in [0.25, 0.3) is 0 Å². The van der Waals surface area contributed by atoms with Gasteiger partial charge in [-0.25, -0.2) is 4.98 Å². The SMILES string of the molecule is Cc1cc(C(=O)NC2(C)CCOC2C)cc(Cl)n1. The van der Waals surface area contributed by atoms with Crippen LogP contribution in [0.3, 0.4) is 0 Å². The first-order chi connectivity index (χ1) is 8.40. The molecule has 0 radical (unpaired) electrons. The maximum atomic E-state index is 12.2. The lowest BCUT2D eigenvalue weighted by Gasteiger charge is -2.28. The van der Waals surface area contributed by atoms with Gasteiger partial charge in [0.25, 0.3) is 5.91 Å². The van der Waals surface area contributed by atoms with Gasteiger partial charge in [-0.2, -0.15) is 0 Å². The Morgan fingerprint density at radius 1 is 1.61 bits per heavy atom. The molecule has 5 heteroatoms. The molecule has 2 unspecified atom stereocenters. The van der Waals surface area contributed by atoms with Crippen molar-refractivity contribution >= 4 is 17.5 Å². The Bertz CT molecular complexity index is 458. The Morgan fingerprint density at radius 2 is 2.33 bits per heavy atom. The van der Waals surface area contributed by atoms with E-state index in [4.69, 9.17) is 16.3 Å². The number of ether oxygens (including phenoxy) is 1. The van der Waals surface area contributed by atoms with E-state index in [1.807, 2.05) is 20.8 Å². The highest BCUT2D eigenvalue weighted by atomic mass is 35.5. The number of hydrogen-bond donors (Lipinski definition) is 1. The van der Waals surface area contributed by atoms with Crippen molar-refractivity contribution in [2.75, 3.05) is 6.61 Å². The highest BCUT2D eigenvalue weighted by Gasteiger charge is 2.38. The zero-order valence-electron chi connectivity index (χ0n) is 10.8. The van der Waals surface area contributed by atoms with Crippen molar-refractivity contribution in [1.29, 1.82) is 0 Å². The lowest BCUT2D eigenvalue weighted by molar-refractivity contribution is 0.0727. The second kappa shape index (κ2) is 4.86. The van der Waals surface area contributed by atoms with Crippen molar-refractivity contribution in [2.24, 2.45) is 0 Å². The third-order valence-electron chi connectivity index (χ3n) is 3.47. The molecule has 0 bridgehead atoms. The molecule has 2 rings (SSSR count). The maximum absolute atomic E-state index is 12.2. The highest BCUT2D eigenvalue weighted by Crippen LogP contribution is 2.25. The average Bonchev–Trinajstić information content (AvgIpc) is 2.57. The molecule has 0 saturated carbocycles. The predicted octanol–water partition coefficient (Wildman–Crippen LogP) is 2.34. The number of carbonyl (C=O) groups is 1. The standard InChI is InChI=1S/C13H17ClN2O2/c1-8-6-10(7-11(14)15-8)12(17)16-13(3)4-5-18-9(13)2/h6-7,9H,4-5H2,1-3H3,(H,16,17). The molecule has 1 aliphatic rings. The van der Waals surface area contributed by atoms with E-state index in [1.165, 1.54) is 0 Å². The van der Waals surface area contributed by atoms with Crippen molar-refractivity contribution in [3.63, 3.8) is 0 Å². The van der Waals surface area contributed by atoms with Gasteiger partial charge in [0, 0.05) is 17.9 Å². The van der Waals surface area contributed by atoms with E-state index in [0.717, 1.165) is 12.1 Å². The van der Waals surface area contributed by atoms with Gasteiger partial charge < -0.3 is 10.1 Å². The zero-order valence-corrected chi connectivity index (χ0v) is 11.5. The van der Waals surface area contributed by atoms with Crippen molar-refractivity contribution in [3.8, 4) is 0 Å². The maximum Gasteiger partial charge on any atom is 0.251 e. The summed E-state index contributed by atoms with van der Waals surface area (Å²) >= 11 is 5.86. The fraction of sp³-hybridized carbons (Fsp3) is 0.538. The Hall–Kier alpha value is -1.13. The highest BCUT2D eigenvalue weighted by molar-refractivity contribution is 6.29. The van der Waals surface area contributed by atoms with E-state index in [9.17, 15) is 4.79 Å². The van der Waals surface area contributed by atoms with E-state index in [-0.39, 0.29) is 17.6 Å². The van der Waals surface area contributed by atoms with Gasteiger partial charge in [0.2, 0.25) is 0 Å². The van der Waals surface area contributed by atoms with Gasteiger partial charge in [0.15, 0.2) is 0 Å². The lowest BCUT2D eigenvalue weighted by atomic mass is 9.94. The van der Waals surface area contributed by atoms with Gasteiger partial charge in [-0.1, -0.05) is 11.6 Å². The Labute approximate surface area is 112 Å². The molecule has 1 amide bonds. The van der Waals surface area contributed by atoms with Gasteiger partial charge in [0.1, 0.15) is 5.15 Å². The fourth-order valence-corrected chi connectivity index (χ4v) is 2.34. The predicted molar refractivity (Wildman–Crippen MR) is 69.9 cm³/mol. The van der Waals surface area contributed by atoms with Crippen LogP contribution in [-0.2, 0) is 4.74 Å². The summed E-state index contributed by atoms with van der Waals surface area (Å²) in [5.74, 6) is -0.137. The van der Waals surface area contributed by atoms with Crippen LogP contribution in [0, 0.1) is 6.92 Å². The molecular weight excluding hydrogens is 252 g/mol. The topological polar surface area (TPSA) is 51.2 Å². The Morgan fingerprint density at radius 3 is 2.89 bits per heavy atom. The molecule has 2 heterocycles. The van der Waals surface area contributed by atoms with Crippen LogP contribution < -0.4 is 5.32 Å². The van der Waals surface area contributed by atoms with Gasteiger partial charge in [0.05, 0.1) is 11.6 Å². The molecular formula is C13H17ClN2O2. The molecule has 1 aromatic rings. The molecule has 4 nitrogen and oxygen atoms in total. The van der Waals surface area contributed by atoms with E-state index in [0.29, 0.717) is 17.3 Å². The normalized spacial score (nSPS) is 27.2. The molecule has 18 heavy (non-hydrogen) atoms. The number of amides is 1. The molecule has 0 aromatic carbocycles. The van der Waals surface area contributed by atoms with Crippen LogP contribution in [0.15, 0.2) is 12.1 Å². The van der Waals surface area contributed by atoms with Crippen LogP contribution in [0.2, 0.25) is 5.15 Å². The van der Waals surface area contributed by atoms with Crippen LogP contribution in [0.1, 0.15) is 36.3 Å². The van der Waals surface area contributed by atoms with Crippen LogP contribution in [0.5, 0.6) is 0 Å². The quantitative estimate of drug-likeness (QED) is 0.838. The number of rotatable bonds is 2. The second-order valence-corrected chi connectivity index (χ2v) is 5.34. The summed E-state index contributed by atoms with van der Waals surface area (Å²) in [5, 5.41) is 3.36. The van der Waals surface area contributed by atoms with Crippen molar-refractivity contribution in [3.05, 3.63) is 28.5 Å². The zero-order chi connectivity index (χ0) is 13.3. The van der Waals surface area contributed by atoms with Gasteiger partial charge in [-0.3, -0.25) is 4.79 Å². The number of carbonyl (C=O) groups excluding carboxylic acids is 1. The summed E-state index contributed by atoms with van der Waals surface area (Å²) in [6.45, 7) is 6.45. The lowest BCUT2D eigenvalue weighted by Crippen LogP contribution is -2.50. The van der Waals surface area contributed by atoms with Gasteiger partial charge in [-0.15, -0.1) is 0 Å². The molecule has 1 N–H and O–H groups in total. The van der Waals surface area contributed by atoms with Crippen LogP contribution >= 0.6 is 11.6 Å². The first-order valence-corrected chi connectivity index (χ1v) is 6.37. The van der Waals surface area contributed by atoms with E-state index >= 15 is 0 Å². The summed E-state index contributed by atoms with van der Waals surface area (Å²) in [6, 6.07) is 3.30.